The maximum atomic E-state index is 13.7. The van der Waals surface area contributed by atoms with Crippen LogP contribution in [0.25, 0.3) is 4.85 Å². The van der Waals surface area contributed by atoms with Crippen LogP contribution in [0.5, 0.6) is 5.75 Å². The molecule has 0 aromatic heterocycles. The highest BCUT2D eigenvalue weighted by atomic mass is 19.2. The number of urea groups is 1. The van der Waals surface area contributed by atoms with E-state index in [1.807, 2.05) is 37.5 Å². The molecule has 0 saturated heterocycles. The third-order valence-electron chi connectivity index (χ3n) is 3.85. The average Bonchev–Trinajstić information content (AvgIpc) is 2.68. The number of amides is 2. The Kier molecular flexibility index (Phi) is 7.25. The molecule has 3 N–H and O–H groups in total. The van der Waals surface area contributed by atoms with Crippen molar-refractivity contribution in [1.82, 2.24) is 10.7 Å². The molecule has 2 amide bonds. The normalized spacial score (nSPS) is 10.2. The molecule has 0 aliphatic rings. The first-order chi connectivity index (χ1) is 13.8. The molecule has 0 unspecified atom stereocenters. The molecule has 2 aromatic rings. The Labute approximate surface area is 164 Å². The fourth-order valence-corrected chi connectivity index (χ4v) is 2.41. The van der Waals surface area contributed by atoms with Crippen LogP contribution >= 0.6 is 0 Å². The molecule has 0 bridgehead atoms. The fraction of sp³-hybridized carbons (Fsp3) is 0.263. The topological polar surface area (TPSA) is 66.8 Å². The predicted molar refractivity (Wildman–Crippen MR) is 98.7 cm³/mol. The number of nitrogens with one attached hydrogen (secondary N) is 3. The number of halogens is 4. The number of nitrogens with zero attached hydrogens (tertiary/aromatic N) is 1. The number of carbonyl (C=O) groups is 1. The highest BCUT2D eigenvalue weighted by molar-refractivity contribution is 5.75. The Balaban J connectivity index is 1.80. The van der Waals surface area contributed by atoms with Gasteiger partial charge in [0.2, 0.25) is 0 Å². The number of aryl methyl sites for hydroxylation is 2. The van der Waals surface area contributed by atoms with Gasteiger partial charge in [0.1, 0.15) is 11.4 Å². The van der Waals surface area contributed by atoms with Crippen LogP contribution in [0.3, 0.4) is 0 Å². The van der Waals surface area contributed by atoms with Crippen LogP contribution in [-0.2, 0) is 0 Å². The highest BCUT2D eigenvalue weighted by Crippen LogP contribution is 2.32. The Morgan fingerprint density at radius 2 is 1.76 bits per heavy atom. The van der Waals surface area contributed by atoms with Crippen LogP contribution in [-0.4, -0.2) is 19.2 Å². The van der Waals surface area contributed by atoms with Crippen LogP contribution in [0.1, 0.15) is 17.5 Å². The van der Waals surface area contributed by atoms with Gasteiger partial charge in [0, 0.05) is 6.54 Å². The molecule has 0 heterocycles. The van der Waals surface area contributed by atoms with Crippen molar-refractivity contribution in [3.05, 3.63) is 64.0 Å². The lowest BCUT2D eigenvalue weighted by atomic mass is 10.1. The van der Waals surface area contributed by atoms with Crippen molar-refractivity contribution in [3.63, 3.8) is 0 Å². The smallest absolute Gasteiger partial charge is 0.333 e. The number of hydrogen-bond donors (Lipinski definition) is 3. The summed E-state index contributed by atoms with van der Waals surface area (Å²) in [7, 11) is 0. The number of rotatable bonds is 7. The molecule has 0 atom stereocenters. The van der Waals surface area contributed by atoms with Crippen LogP contribution in [0.2, 0.25) is 0 Å². The van der Waals surface area contributed by atoms with E-state index >= 15 is 0 Å². The van der Waals surface area contributed by atoms with Gasteiger partial charge in [-0.2, -0.15) is 0 Å². The summed E-state index contributed by atoms with van der Waals surface area (Å²) in [5, 5.41) is 2.38. The first kappa shape index (κ1) is 21.8. The third-order valence-corrected chi connectivity index (χ3v) is 3.85. The lowest BCUT2D eigenvalue weighted by molar-refractivity contribution is 0.241. The molecule has 0 fully saturated rings. The van der Waals surface area contributed by atoms with Gasteiger partial charge in [-0.25, -0.2) is 27.2 Å². The van der Waals surface area contributed by atoms with E-state index < -0.39 is 40.7 Å². The van der Waals surface area contributed by atoms with Crippen molar-refractivity contribution in [2.75, 3.05) is 18.6 Å². The van der Waals surface area contributed by atoms with Crippen LogP contribution in [0.15, 0.2) is 18.2 Å². The van der Waals surface area contributed by atoms with Gasteiger partial charge in [-0.05, 0) is 31.9 Å². The summed E-state index contributed by atoms with van der Waals surface area (Å²) < 4.78 is 60.1. The van der Waals surface area contributed by atoms with Crippen LogP contribution in [0, 0.1) is 43.7 Å². The minimum atomic E-state index is -1.85. The largest absolute Gasteiger partial charge is 0.493 e. The summed E-state index contributed by atoms with van der Waals surface area (Å²) in [6.45, 7) is 10.9. The first-order valence-corrected chi connectivity index (χ1v) is 8.49. The van der Waals surface area contributed by atoms with E-state index in [1.54, 1.807) is 5.43 Å². The Bertz CT molecular complexity index is 931. The van der Waals surface area contributed by atoms with E-state index in [4.69, 9.17) is 11.3 Å². The lowest BCUT2D eigenvalue weighted by Gasteiger charge is -2.13. The van der Waals surface area contributed by atoms with Gasteiger partial charge in [0.15, 0.2) is 23.3 Å². The molecule has 0 saturated carbocycles. The fourth-order valence-electron chi connectivity index (χ4n) is 2.41. The van der Waals surface area contributed by atoms with E-state index in [0.29, 0.717) is 13.0 Å². The Morgan fingerprint density at radius 1 is 1.10 bits per heavy atom. The molecule has 2 rings (SSSR count). The number of anilines is 1. The second-order valence-electron chi connectivity index (χ2n) is 6.07. The van der Waals surface area contributed by atoms with Crippen molar-refractivity contribution < 1.29 is 27.1 Å². The SMILES string of the molecule is [C-]#[N+]c1c(F)c(F)c(NNC(=O)NCCCOc2ccc(C)cc2C)c(F)c1F. The molecule has 29 heavy (non-hydrogen) atoms. The van der Waals surface area contributed by atoms with E-state index in [1.165, 1.54) is 0 Å². The zero-order valence-corrected chi connectivity index (χ0v) is 15.6. The van der Waals surface area contributed by atoms with E-state index in [9.17, 15) is 22.4 Å². The van der Waals surface area contributed by atoms with Gasteiger partial charge in [0.25, 0.3) is 5.69 Å². The van der Waals surface area contributed by atoms with Gasteiger partial charge < -0.3 is 10.1 Å². The van der Waals surface area contributed by atoms with Gasteiger partial charge in [-0.1, -0.05) is 17.7 Å². The molecule has 0 spiro atoms. The summed E-state index contributed by atoms with van der Waals surface area (Å²) >= 11 is 0. The number of benzene rings is 2. The summed E-state index contributed by atoms with van der Waals surface area (Å²) in [6, 6.07) is 4.84. The van der Waals surface area contributed by atoms with Crippen LogP contribution < -0.4 is 20.9 Å². The van der Waals surface area contributed by atoms with Crippen molar-refractivity contribution >= 4 is 17.4 Å². The van der Waals surface area contributed by atoms with E-state index in [-0.39, 0.29) is 6.54 Å². The van der Waals surface area contributed by atoms with Gasteiger partial charge in [-0.15, -0.1) is 0 Å². The zero-order valence-electron chi connectivity index (χ0n) is 15.6. The summed E-state index contributed by atoms with van der Waals surface area (Å²) in [5.74, 6) is -6.63. The number of carbonyl (C=O) groups excluding carboxylic acids is 1. The molecule has 6 nitrogen and oxygen atoms in total. The molecule has 0 aliphatic carbocycles. The quantitative estimate of drug-likeness (QED) is 0.207. The zero-order chi connectivity index (χ0) is 21.6. The molecular weight excluding hydrogens is 392 g/mol. The van der Waals surface area contributed by atoms with Gasteiger partial charge >= 0.3 is 6.03 Å². The van der Waals surface area contributed by atoms with Gasteiger partial charge in [0.05, 0.1) is 13.2 Å². The second-order valence-corrected chi connectivity index (χ2v) is 6.07. The van der Waals surface area contributed by atoms with E-state index in [0.717, 1.165) is 16.9 Å². The summed E-state index contributed by atoms with van der Waals surface area (Å²) in [5.41, 5.74) is 3.07. The Hall–Kier alpha value is -3.48. The lowest BCUT2D eigenvalue weighted by Crippen LogP contribution is -2.40. The van der Waals surface area contributed by atoms with Crippen molar-refractivity contribution in [3.8, 4) is 5.75 Å². The van der Waals surface area contributed by atoms with Crippen molar-refractivity contribution in [2.45, 2.75) is 20.3 Å². The molecular formula is C19H18F4N4O2. The standard InChI is InChI=1S/C19H18F4N4O2/c1-10-5-6-12(11(2)9-10)29-8-4-7-25-19(28)27-26-18-15(22)13(20)17(24-3)14(21)16(18)23/h5-6,9,26H,4,7-8H2,1-2H3,(H2,25,27,28). The maximum absolute atomic E-state index is 13.7. The first-order valence-electron chi connectivity index (χ1n) is 8.49. The molecule has 154 valence electrons. The Morgan fingerprint density at radius 3 is 2.34 bits per heavy atom. The number of ether oxygens (including phenoxy) is 1. The number of hydrazine groups is 1. The van der Waals surface area contributed by atoms with E-state index in [2.05, 4.69) is 10.2 Å². The molecule has 2 aromatic carbocycles. The highest BCUT2D eigenvalue weighted by Gasteiger charge is 2.25. The van der Waals surface area contributed by atoms with Crippen molar-refractivity contribution in [2.24, 2.45) is 0 Å². The molecule has 10 heteroatoms. The minimum Gasteiger partial charge on any atom is -0.493 e. The summed E-state index contributed by atoms with van der Waals surface area (Å²) in [6.07, 6.45) is 0.437. The predicted octanol–water partition coefficient (Wildman–Crippen LogP) is 4.51. The van der Waals surface area contributed by atoms with Gasteiger partial charge in [-0.3, -0.25) is 10.9 Å². The van der Waals surface area contributed by atoms with Crippen LogP contribution in [0.4, 0.5) is 33.7 Å². The monoisotopic (exact) mass is 410 g/mol. The molecule has 0 radical (unpaired) electrons. The third kappa shape index (κ3) is 5.28. The second kappa shape index (κ2) is 9.64. The minimum absolute atomic E-state index is 0.169. The average molecular weight is 410 g/mol. The van der Waals surface area contributed by atoms with Crippen molar-refractivity contribution in [1.29, 1.82) is 0 Å². The summed E-state index contributed by atoms with van der Waals surface area (Å²) in [4.78, 5) is 14.0. The maximum Gasteiger partial charge on any atom is 0.333 e. The molecule has 0 aliphatic heterocycles. The number of hydrogen-bond acceptors (Lipinski definition) is 3.